The molecule has 4 atom stereocenters. The molecule has 0 spiro atoms. The van der Waals surface area contributed by atoms with Crippen molar-refractivity contribution in [3.63, 3.8) is 0 Å². The van der Waals surface area contributed by atoms with Gasteiger partial charge in [0.15, 0.2) is 0 Å². The molecule has 0 saturated heterocycles. The van der Waals surface area contributed by atoms with Crippen molar-refractivity contribution in [1.29, 1.82) is 0 Å². The van der Waals surface area contributed by atoms with Crippen LogP contribution in [0.25, 0.3) is 0 Å². The van der Waals surface area contributed by atoms with Gasteiger partial charge >= 0.3 is 11.9 Å². The number of hydrogen-bond acceptors (Lipinski definition) is 4. The number of ether oxygens (including phenoxy) is 2. The fraction of sp³-hybridized carbons (Fsp3) is 0.500. The molecule has 0 aliphatic heterocycles. The maximum Gasteiger partial charge on any atom is 0.310 e. The minimum absolute atomic E-state index is 0.0627. The van der Waals surface area contributed by atoms with Gasteiger partial charge < -0.3 is 9.47 Å². The van der Waals surface area contributed by atoms with E-state index in [1.807, 2.05) is 12.1 Å². The Morgan fingerprint density at radius 2 is 1.30 bits per heavy atom. The van der Waals surface area contributed by atoms with Crippen molar-refractivity contribution in [2.24, 2.45) is 11.8 Å². The summed E-state index contributed by atoms with van der Waals surface area (Å²) < 4.78 is 9.87. The summed E-state index contributed by atoms with van der Waals surface area (Å²) >= 11 is 0. The smallest absolute Gasteiger partial charge is 0.310 e. The molecule has 1 aromatic rings. The quantitative estimate of drug-likeness (QED) is 0.776. The molecule has 1 aromatic carbocycles. The highest BCUT2D eigenvalue weighted by atomic mass is 16.5. The molecular weight excluding hydrogens is 256 g/mol. The lowest BCUT2D eigenvalue weighted by Gasteiger charge is -2.46. The molecule has 0 amide bonds. The van der Waals surface area contributed by atoms with Crippen LogP contribution in [0.15, 0.2) is 24.3 Å². The van der Waals surface area contributed by atoms with Crippen LogP contribution in [0.5, 0.6) is 0 Å². The summed E-state index contributed by atoms with van der Waals surface area (Å²) in [6.45, 7) is 0. The number of hydrogen-bond donors (Lipinski definition) is 0. The van der Waals surface area contributed by atoms with Crippen molar-refractivity contribution in [3.8, 4) is 0 Å². The van der Waals surface area contributed by atoms with E-state index in [2.05, 4.69) is 12.1 Å². The first-order valence-corrected chi connectivity index (χ1v) is 6.93. The van der Waals surface area contributed by atoms with Gasteiger partial charge in [-0.15, -0.1) is 0 Å². The van der Waals surface area contributed by atoms with E-state index in [0.717, 1.165) is 12.8 Å². The third kappa shape index (κ3) is 1.74. The molecule has 0 unspecified atom stereocenters. The van der Waals surface area contributed by atoms with Gasteiger partial charge in [0.05, 0.1) is 26.1 Å². The summed E-state index contributed by atoms with van der Waals surface area (Å²) in [6.07, 6.45) is 1.85. The standard InChI is InChI=1S/C16H18O4/c1-19-15(17)13-11-7-8-12(14(13)16(18)20-2)10-6-4-3-5-9(10)11/h3-6,11-14H,7-8H2,1-2H3/t11-,12+,13+,14-. The van der Waals surface area contributed by atoms with Crippen LogP contribution >= 0.6 is 0 Å². The highest BCUT2D eigenvalue weighted by Gasteiger charge is 2.53. The van der Waals surface area contributed by atoms with Crippen molar-refractivity contribution >= 4 is 11.9 Å². The lowest BCUT2D eigenvalue weighted by molar-refractivity contribution is -0.162. The minimum atomic E-state index is -0.416. The Morgan fingerprint density at radius 1 is 0.900 bits per heavy atom. The first-order valence-electron chi connectivity index (χ1n) is 6.93. The van der Waals surface area contributed by atoms with E-state index in [4.69, 9.17) is 9.47 Å². The van der Waals surface area contributed by atoms with Crippen LogP contribution in [0.1, 0.15) is 35.8 Å². The van der Waals surface area contributed by atoms with E-state index < -0.39 is 11.8 Å². The van der Waals surface area contributed by atoms with Gasteiger partial charge in [-0.3, -0.25) is 9.59 Å². The maximum absolute atomic E-state index is 12.2. The van der Waals surface area contributed by atoms with Crippen LogP contribution in [-0.2, 0) is 19.1 Å². The molecule has 1 saturated carbocycles. The molecular formula is C16H18O4. The molecule has 3 aliphatic carbocycles. The summed E-state index contributed by atoms with van der Waals surface area (Å²) in [7, 11) is 2.76. The SMILES string of the molecule is COC(=O)[C@@H]1[C@H](C(=O)OC)[C@H]2CC[C@@H]1c1ccccc12. The first kappa shape index (κ1) is 13.2. The van der Waals surface area contributed by atoms with Crippen molar-refractivity contribution in [1.82, 2.24) is 0 Å². The van der Waals surface area contributed by atoms with Gasteiger partial charge in [0.25, 0.3) is 0 Å². The van der Waals surface area contributed by atoms with Gasteiger partial charge in [-0.25, -0.2) is 0 Å². The third-order valence-corrected chi connectivity index (χ3v) is 4.78. The van der Waals surface area contributed by atoms with Crippen LogP contribution in [0.3, 0.4) is 0 Å². The number of carbonyl (C=O) groups excluding carboxylic acids is 2. The number of rotatable bonds is 2. The van der Waals surface area contributed by atoms with Crippen molar-refractivity contribution in [2.75, 3.05) is 14.2 Å². The summed E-state index contributed by atoms with van der Waals surface area (Å²) in [5, 5.41) is 0. The largest absolute Gasteiger partial charge is 0.469 e. The predicted molar refractivity (Wildman–Crippen MR) is 72.2 cm³/mol. The molecule has 0 aromatic heterocycles. The second-order valence-corrected chi connectivity index (χ2v) is 5.52. The average Bonchev–Trinajstić information content (AvgIpc) is 2.53. The van der Waals surface area contributed by atoms with Crippen LogP contribution in [0.2, 0.25) is 0 Å². The Hall–Kier alpha value is -1.84. The first-order chi connectivity index (χ1) is 9.69. The van der Waals surface area contributed by atoms with Gasteiger partial charge in [0.2, 0.25) is 0 Å². The van der Waals surface area contributed by atoms with E-state index in [0.29, 0.717) is 0 Å². The zero-order valence-electron chi connectivity index (χ0n) is 11.7. The molecule has 0 radical (unpaired) electrons. The van der Waals surface area contributed by atoms with Crippen molar-refractivity contribution in [3.05, 3.63) is 35.4 Å². The summed E-state index contributed by atoms with van der Waals surface area (Å²) in [4.78, 5) is 24.3. The van der Waals surface area contributed by atoms with Crippen LogP contribution in [0, 0.1) is 11.8 Å². The Kier molecular flexibility index (Phi) is 3.24. The van der Waals surface area contributed by atoms with Crippen LogP contribution in [-0.4, -0.2) is 26.2 Å². The lowest BCUT2D eigenvalue weighted by atomic mass is 9.56. The molecule has 0 N–H and O–H groups in total. The Bertz CT molecular complexity index is 502. The van der Waals surface area contributed by atoms with Gasteiger partial charge in [0.1, 0.15) is 0 Å². The molecule has 106 valence electrons. The number of fused-ring (bicyclic) bond motifs is 2. The highest BCUT2D eigenvalue weighted by Crippen LogP contribution is 2.56. The molecule has 20 heavy (non-hydrogen) atoms. The normalized spacial score (nSPS) is 30.5. The van der Waals surface area contributed by atoms with E-state index in [1.165, 1.54) is 25.3 Å². The lowest BCUT2D eigenvalue weighted by Crippen LogP contribution is -2.46. The molecule has 3 aliphatic rings. The Labute approximate surface area is 118 Å². The van der Waals surface area contributed by atoms with Gasteiger partial charge in [0, 0.05) is 0 Å². The topological polar surface area (TPSA) is 52.6 Å². The summed E-state index contributed by atoms with van der Waals surface area (Å²) in [5.41, 5.74) is 2.39. The second kappa shape index (κ2) is 4.93. The monoisotopic (exact) mass is 274 g/mol. The third-order valence-electron chi connectivity index (χ3n) is 4.78. The Morgan fingerprint density at radius 3 is 1.65 bits per heavy atom. The zero-order valence-corrected chi connectivity index (χ0v) is 11.7. The zero-order chi connectivity index (χ0) is 14.3. The number of benzene rings is 1. The minimum Gasteiger partial charge on any atom is -0.469 e. The molecule has 2 bridgehead atoms. The predicted octanol–water partition coefficient (Wildman–Crippen LogP) is 2.24. The van der Waals surface area contributed by atoms with Crippen LogP contribution < -0.4 is 0 Å². The molecule has 4 rings (SSSR count). The molecule has 4 nitrogen and oxygen atoms in total. The Balaban J connectivity index is 2.11. The van der Waals surface area contributed by atoms with E-state index in [-0.39, 0.29) is 23.8 Å². The maximum atomic E-state index is 12.2. The highest BCUT2D eigenvalue weighted by molar-refractivity contribution is 5.85. The van der Waals surface area contributed by atoms with Crippen molar-refractivity contribution in [2.45, 2.75) is 24.7 Å². The second-order valence-electron chi connectivity index (χ2n) is 5.52. The fourth-order valence-electron chi connectivity index (χ4n) is 4.00. The van der Waals surface area contributed by atoms with E-state index in [9.17, 15) is 9.59 Å². The fourth-order valence-corrected chi connectivity index (χ4v) is 4.00. The average molecular weight is 274 g/mol. The van der Waals surface area contributed by atoms with E-state index in [1.54, 1.807) is 0 Å². The number of methoxy groups -OCH3 is 2. The van der Waals surface area contributed by atoms with Gasteiger partial charge in [-0.2, -0.15) is 0 Å². The number of esters is 2. The summed E-state index contributed by atoms with van der Waals surface area (Å²) in [5.74, 6) is -1.31. The number of carbonyl (C=O) groups is 2. The van der Waals surface area contributed by atoms with Gasteiger partial charge in [-0.1, -0.05) is 24.3 Å². The van der Waals surface area contributed by atoms with Crippen molar-refractivity contribution < 1.29 is 19.1 Å². The van der Waals surface area contributed by atoms with Gasteiger partial charge in [-0.05, 0) is 35.8 Å². The van der Waals surface area contributed by atoms with E-state index >= 15 is 0 Å². The molecule has 0 heterocycles. The molecule has 4 heteroatoms. The van der Waals surface area contributed by atoms with Crippen LogP contribution in [0.4, 0.5) is 0 Å². The summed E-state index contributed by atoms with van der Waals surface area (Å²) in [6, 6.07) is 8.10. The molecule has 1 fully saturated rings.